The van der Waals surface area contributed by atoms with Crippen molar-refractivity contribution in [2.45, 2.75) is 17.2 Å². The topological polar surface area (TPSA) is 24.4 Å². The number of rotatable bonds is 3. The summed E-state index contributed by atoms with van der Waals surface area (Å²) in [5, 5.41) is 4.09. The zero-order chi connectivity index (χ0) is 14.0. The zero-order valence-electron chi connectivity index (χ0n) is 11.1. The largest absolute Gasteiger partial charge is 0.354 e. The molecule has 2 aromatic rings. The number of anilines is 1. The van der Waals surface area contributed by atoms with Gasteiger partial charge in [-0.15, -0.1) is 0 Å². The lowest BCUT2D eigenvalue weighted by molar-refractivity contribution is 0.970. The average Bonchev–Trinajstić information content (AvgIpc) is 2.85. The predicted molar refractivity (Wildman–Crippen MR) is 88.7 cm³/mol. The first kappa shape index (κ1) is 13.5. The van der Waals surface area contributed by atoms with Crippen molar-refractivity contribution < 1.29 is 0 Å². The van der Waals surface area contributed by atoms with Crippen molar-refractivity contribution in [2.75, 3.05) is 5.32 Å². The summed E-state index contributed by atoms with van der Waals surface area (Å²) in [6.07, 6.45) is 2.02. The lowest BCUT2D eigenvalue weighted by Gasteiger charge is -2.22. The van der Waals surface area contributed by atoms with Crippen LogP contribution in [0.2, 0.25) is 5.02 Å². The molecule has 1 aliphatic rings. The van der Waals surface area contributed by atoms with E-state index in [-0.39, 0.29) is 10.2 Å². The Labute approximate surface area is 128 Å². The van der Waals surface area contributed by atoms with E-state index in [2.05, 4.69) is 41.5 Å². The summed E-state index contributed by atoms with van der Waals surface area (Å²) >= 11 is 7.94. The van der Waals surface area contributed by atoms with Crippen LogP contribution in [0.5, 0.6) is 0 Å². The minimum Gasteiger partial charge on any atom is -0.354 e. The van der Waals surface area contributed by atoms with E-state index in [4.69, 9.17) is 11.6 Å². The van der Waals surface area contributed by atoms with Gasteiger partial charge >= 0.3 is 0 Å². The summed E-state index contributed by atoms with van der Waals surface area (Å²) in [6.45, 7) is 2.19. The van der Waals surface area contributed by atoms with Crippen molar-refractivity contribution in [3.63, 3.8) is 0 Å². The second-order valence-electron chi connectivity index (χ2n) is 4.85. The summed E-state index contributed by atoms with van der Waals surface area (Å²) in [5.74, 6) is 0. The fourth-order valence-corrected chi connectivity index (χ4v) is 3.55. The van der Waals surface area contributed by atoms with Gasteiger partial charge in [-0.05, 0) is 24.6 Å². The molecule has 1 unspecified atom stereocenters. The third kappa shape index (κ3) is 2.69. The van der Waals surface area contributed by atoms with Crippen molar-refractivity contribution in [3.8, 4) is 0 Å². The molecule has 0 saturated carbocycles. The van der Waals surface area contributed by atoms with Crippen molar-refractivity contribution in [2.24, 2.45) is 4.99 Å². The molecule has 2 nitrogen and oxygen atoms in total. The molecule has 1 aliphatic heterocycles. The van der Waals surface area contributed by atoms with E-state index in [9.17, 15) is 0 Å². The number of benzene rings is 2. The standard InChI is InChI=1S/C16H15ClN2S/c1-16(12-7-3-2-4-8-12)11-18-15(20-16)19-14-10-6-5-9-13(14)17/h2-11,15,19H,1H3/t15?,16-/m1/s1. The Morgan fingerprint density at radius 3 is 2.55 bits per heavy atom. The molecule has 0 aliphatic carbocycles. The van der Waals surface area contributed by atoms with Crippen LogP contribution >= 0.6 is 23.4 Å². The quantitative estimate of drug-likeness (QED) is 0.883. The van der Waals surface area contributed by atoms with Crippen molar-refractivity contribution in [3.05, 3.63) is 65.2 Å². The van der Waals surface area contributed by atoms with Crippen LogP contribution in [-0.4, -0.2) is 11.7 Å². The van der Waals surface area contributed by atoms with Crippen LogP contribution in [0, 0.1) is 0 Å². The maximum Gasteiger partial charge on any atom is 0.167 e. The van der Waals surface area contributed by atoms with Crippen LogP contribution < -0.4 is 5.32 Å². The molecule has 0 spiro atoms. The first-order valence-electron chi connectivity index (χ1n) is 6.46. The lowest BCUT2D eigenvalue weighted by atomic mass is 10.0. The predicted octanol–water partition coefficient (Wildman–Crippen LogP) is 4.77. The van der Waals surface area contributed by atoms with Gasteiger partial charge in [0, 0.05) is 6.21 Å². The number of para-hydroxylation sites is 1. The molecule has 0 bridgehead atoms. The molecule has 1 heterocycles. The normalized spacial score (nSPS) is 24.8. The van der Waals surface area contributed by atoms with Gasteiger partial charge in [-0.2, -0.15) is 0 Å². The van der Waals surface area contributed by atoms with Crippen LogP contribution in [0.25, 0.3) is 0 Å². The van der Waals surface area contributed by atoms with Gasteiger partial charge in [-0.25, -0.2) is 0 Å². The fraction of sp³-hybridized carbons (Fsp3) is 0.188. The van der Waals surface area contributed by atoms with E-state index < -0.39 is 0 Å². The molecule has 0 aromatic heterocycles. The van der Waals surface area contributed by atoms with E-state index in [1.807, 2.05) is 36.5 Å². The summed E-state index contributed by atoms with van der Waals surface area (Å²) in [5.41, 5.74) is 2.17. The Balaban J connectivity index is 1.75. The number of nitrogens with one attached hydrogen (secondary N) is 1. The zero-order valence-corrected chi connectivity index (χ0v) is 12.7. The fourth-order valence-electron chi connectivity index (χ4n) is 2.19. The van der Waals surface area contributed by atoms with E-state index in [0.29, 0.717) is 0 Å². The molecule has 0 fully saturated rings. The molecule has 2 atom stereocenters. The van der Waals surface area contributed by atoms with E-state index in [0.717, 1.165) is 10.7 Å². The second kappa shape index (κ2) is 5.51. The van der Waals surface area contributed by atoms with Gasteiger partial charge < -0.3 is 5.32 Å². The highest BCUT2D eigenvalue weighted by Crippen LogP contribution is 2.42. The van der Waals surface area contributed by atoms with E-state index in [1.54, 1.807) is 11.8 Å². The minimum absolute atomic E-state index is 0.0138. The highest BCUT2D eigenvalue weighted by atomic mass is 35.5. The monoisotopic (exact) mass is 302 g/mol. The molecule has 2 aromatic carbocycles. The third-order valence-electron chi connectivity index (χ3n) is 3.31. The van der Waals surface area contributed by atoms with Gasteiger partial charge in [0.2, 0.25) is 0 Å². The summed E-state index contributed by atoms with van der Waals surface area (Å²) < 4.78 is -0.0970. The second-order valence-corrected chi connectivity index (χ2v) is 6.78. The number of thioether (sulfide) groups is 1. The summed E-state index contributed by atoms with van der Waals surface area (Å²) in [7, 11) is 0. The Morgan fingerprint density at radius 2 is 1.80 bits per heavy atom. The summed E-state index contributed by atoms with van der Waals surface area (Å²) in [4.78, 5) is 4.57. The molecular formula is C16H15ClN2S. The number of hydrogen-bond donors (Lipinski definition) is 1. The molecule has 20 heavy (non-hydrogen) atoms. The average molecular weight is 303 g/mol. The molecule has 0 radical (unpaired) electrons. The number of aliphatic imine (C=N–C) groups is 1. The molecular weight excluding hydrogens is 288 g/mol. The van der Waals surface area contributed by atoms with Crippen LogP contribution in [0.15, 0.2) is 59.6 Å². The Bertz CT molecular complexity index is 629. The van der Waals surface area contributed by atoms with Gasteiger partial charge in [-0.1, -0.05) is 65.8 Å². The molecule has 0 saturated heterocycles. The number of halogens is 1. The Morgan fingerprint density at radius 1 is 1.10 bits per heavy atom. The maximum absolute atomic E-state index is 6.17. The molecule has 102 valence electrons. The van der Waals surface area contributed by atoms with E-state index >= 15 is 0 Å². The van der Waals surface area contributed by atoms with Gasteiger partial charge in [0.25, 0.3) is 0 Å². The highest BCUT2D eigenvalue weighted by molar-refractivity contribution is 8.01. The molecule has 1 N–H and O–H groups in total. The SMILES string of the molecule is C[C@]1(c2ccccc2)C=NC(Nc2ccccc2Cl)S1. The van der Waals surface area contributed by atoms with Crippen molar-refractivity contribution in [1.29, 1.82) is 0 Å². The van der Waals surface area contributed by atoms with Crippen LogP contribution in [0.4, 0.5) is 5.69 Å². The van der Waals surface area contributed by atoms with Crippen LogP contribution in [0.1, 0.15) is 12.5 Å². The summed E-state index contributed by atoms with van der Waals surface area (Å²) in [6, 6.07) is 18.2. The van der Waals surface area contributed by atoms with Crippen molar-refractivity contribution >= 4 is 35.3 Å². The lowest BCUT2D eigenvalue weighted by Crippen LogP contribution is -2.19. The van der Waals surface area contributed by atoms with Gasteiger partial charge in [0.15, 0.2) is 5.50 Å². The highest BCUT2D eigenvalue weighted by Gasteiger charge is 2.34. The molecule has 4 heteroatoms. The van der Waals surface area contributed by atoms with Crippen LogP contribution in [-0.2, 0) is 4.75 Å². The maximum atomic E-state index is 6.17. The minimum atomic E-state index is -0.0970. The first-order valence-corrected chi connectivity index (χ1v) is 7.72. The molecule has 3 rings (SSSR count). The van der Waals surface area contributed by atoms with Gasteiger partial charge in [0.05, 0.1) is 15.5 Å². The number of nitrogens with zero attached hydrogens (tertiary/aromatic N) is 1. The smallest absolute Gasteiger partial charge is 0.167 e. The third-order valence-corrected chi connectivity index (χ3v) is 4.94. The first-order chi connectivity index (χ1) is 9.67. The van der Waals surface area contributed by atoms with E-state index in [1.165, 1.54) is 5.56 Å². The van der Waals surface area contributed by atoms with Crippen LogP contribution in [0.3, 0.4) is 0 Å². The van der Waals surface area contributed by atoms with Crippen molar-refractivity contribution in [1.82, 2.24) is 0 Å². The molecule has 0 amide bonds. The Kier molecular flexibility index (Phi) is 3.72. The van der Waals surface area contributed by atoms with Gasteiger partial charge in [-0.3, -0.25) is 4.99 Å². The number of hydrogen-bond acceptors (Lipinski definition) is 3. The Hall–Kier alpha value is -1.45. The van der Waals surface area contributed by atoms with Gasteiger partial charge in [0.1, 0.15) is 0 Å².